The molecule has 1 rings (SSSR count). The van der Waals surface area contributed by atoms with Gasteiger partial charge in [-0.1, -0.05) is 0 Å². The quantitative estimate of drug-likeness (QED) is 0.435. The molecule has 1 heterocycles. The number of nitrogens with zero attached hydrogens (tertiary/aromatic N) is 1. The zero-order valence-corrected chi connectivity index (χ0v) is 4.84. The molecule has 0 spiro atoms. The summed E-state index contributed by atoms with van der Waals surface area (Å²) in [5.41, 5.74) is 0. The highest BCUT2D eigenvalue weighted by Crippen LogP contribution is 2.31. The molecule has 0 aromatic rings. The monoisotopic (exact) mass is 172 g/mol. The number of rotatable bonds is 0. The Labute approximate surface area is 57.4 Å². The number of hydrogen-bond donors (Lipinski definition) is 1. The van der Waals surface area contributed by atoms with Gasteiger partial charge in [0.1, 0.15) is 0 Å². The van der Waals surface area contributed by atoms with Crippen molar-refractivity contribution in [2.24, 2.45) is 4.99 Å². The summed E-state index contributed by atoms with van der Waals surface area (Å²) in [5.74, 6) is -4.47. The molecule has 0 atom stereocenters. The van der Waals surface area contributed by atoms with Crippen LogP contribution in [0.1, 0.15) is 0 Å². The molecule has 1 aliphatic rings. The van der Waals surface area contributed by atoms with E-state index in [9.17, 15) is 22.0 Å². The molecule has 0 aliphatic carbocycles. The lowest BCUT2D eigenvalue weighted by atomic mass is 10.4. The maximum Gasteiger partial charge on any atom is 0.403 e. The molecule has 0 unspecified atom stereocenters. The van der Waals surface area contributed by atoms with Crippen LogP contribution in [0.4, 0.5) is 22.0 Å². The molecule has 0 fully saturated rings. The van der Waals surface area contributed by atoms with Crippen LogP contribution in [0.25, 0.3) is 0 Å². The van der Waals surface area contributed by atoms with E-state index in [4.69, 9.17) is 0 Å². The molecular weight excluding hydrogens is 171 g/mol. The minimum atomic E-state index is -4.43. The molecule has 0 radical (unpaired) electrons. The van der Waals surface area contributed by atoms with Crippen LogP contribution in [-0.4, -0.2) is 12.1 Å². The normalized spacial score (nSPS) is 22.8. The third-order valence-corrected chi connectivity index (χ3v) is 0.908. The summed E-state index contributed by atoms with van der Waals surface area (Å²) in [7, 11) is 0. The van der Waals surface area contributed by atoms with Gasteiger partial charge in [0.25, 0.3) is 6.09 Å². The first kappa shape index (κ1) is 7.96. The minimum Gasteiger partial charge on any atom is -0.290 e. The molecule has 0 aromatic carbocycles. The maximum atomic E-state index is 12.0. The fourth-order valence-electron chi connectivity index (χ4n) is 0.478. The van der Waals surface area contributed by atoms with Gasteiger partial charge in [-0.25, -0.2) is 0 Å². The second-order valence-corrected chi connectivity index (χ2v) is 1.70. The van der Waals surface area contributed by atoms with Crippen LogP contribution in [0.2, 0.25) is 0 Å². The molecule has 0 amide bonds. The molecule has 0 bridgehead atoms. The zero-order chi connectivity index (χ0) is 8.65. The van der Waals surface area contributed by atoms with Crippen LogP contribution in [0, 0.1) is 0 Å². The van der Waals surface area contributed by atoms with Crippen molar-refractivity contribution >= 4 is 6.09 Å². The Morgan fingerprint density at radius 2 is 1.73 bits per heavy atom. The van der Waals surface area contributed by atoms with Crippen molar-refractivity contribution in [3.8, 4) is 0 Å². The van der Waals surface area contributed by atoms with Crippen LogP contribution in [0.5, 0.6) is 0 Å². The highest BCUT2D eigenvalue weighted by atomic mass is 19.3. The molecule has 1 N–H and O–H groups in total. The Hall–Kier alpha value is -1.14. The van der Waals surface area contributed by atoms with E-state index in [0.29, 0.717) is 0 Å². The van der Waals surface area contributed by atoms with Crippen molar-refractivity contribution in [1.29, 1.82) is 0 Å². The summed E-state index contributed by atoms with van der Waals surface area (Å²) >= 11 is 0. The summed E-state index contributed by atoms with van der Waals surface area (Å²) in [6, 6.07) is -4.43. The van der Waals surface area contributed by atoms with Crippen molar-refractivity contribution < 1.29 is 22.0 Å². The van der Waals surface area contributed by atoms with E-state index in [1.807, 2.05) is 4.99 Å². The standard InChI is InChI=1S/C4HF5N2/c5-1-2(6)10-3(7)11-4(1,8)9/h(H,10,11). The molecule has 2 nitrogen and oxygen atoms in total. The Bertz CT molecular complexity index is 243. The van der Waals surface area contributed by atoms with Crippen LogP contribution in [0.15, 0.2) is 16.8 Å². The van der Waals surface area contributed by atoms with Crippen LogP contribution in [0.3, 0.4) is 0 Å². The van der Waals surface area contributed by atoms with Crippen molar-refractivity contribution in [2.45, 2.75) is 6.05 Å². The predicted molar refractivity (Wildman–Crippen MR) is 25.9 cm³/mol. The summed E-state index contributed by atoms with van der Waals surface area (Å²) in [4.78, 5) is 1.88. The van der Waals surface area contributed by atoms with E-state index < -0.39 is 23.9 Å². The molecule has 1 aliphatic heterocycles. The van der Waals surface area contributed by atoms with Crippen LogP contribution < -0.4 is 5.32 Å². The van der Waals surface area contributed by atoms with E-state index in [0.717, 1.165) is 5.32 Å². The second kappa shape index (κ2) is 2.18. The summed E-state index contributed by atoms with van der Waals surface area (Å²) in [5, 5.41) is 1.03. The number of hydrogen-bond acceptors (Lipinski definition) is 2. The molecule has 11 heavy (non-hydrogen) atoms. The van der Waals surface area contributed by atoms with Gasteiger partial charge in [0.2, 0.25) is 11.8 Å². The van der Waals surface area contributed by atoms with Gasteiger partial charge in [0.15, 0.2) is 0 Å². The minimum absolute atomic E-state index is 1.03. The predicted octanol–water partition coefficient (Wildman–Crippen LogP) is 1.62. The van der Waals surface area contributed by atoms with Gasteiger partial charge in [-0.2, -0.15) is 26.9 Å². The average Bonchev–Trinajstić information content (AvgIpc) is 1.81. The maximum absolute atomic E-state index is 12.0. The molecule has 0 saturated heterocycles. The number of nitrogens with one attached hydrogen (secondary N) is 1. The molecule has 0 saturated carbocycles. The molecule has 0 aromatic heterocycles. The largest absolute Gasteiger partial charge is 0.403 e. The van der Waals surface area contributed by atoms with Crippen molar-refractivity contribution in [3.63, 3.8) is 0 Å². The fraction of sp³-hybridized carbons (Fsp3) is 0.250. The van der Waals surface area contributed by atoms with Crippen LogP contribution >= 0.6 is 0 Å². The first-order valence-electron chi connectivity index (χ1n) is 2.39. The highest BCUT2D eigenvalue weighted by molar-refractivity contribution is 5.75. The summed E-state index contributed by atoms with van der Waals surface area (Å²) in [6.45, 7) is 0. The molecule has 7 heteroatoms. The van der Waals surface area contributed by atoms with Crippen LogP contribution in [-0.2, 0) is 0 Å². The van der Waals surface area contributed by atoms with E-state index >= 15 is 0 Å². The van der Waals surface area contributed by atoms with E-state index in [-0.39, 0.29) is 0 Å². The van der Waals surface area contributed by atoms with Gasteiger partial charge in [-0.3, -0.25) is 5.32 Å². The second-order valence-electron chi connectivity index (χ2n) is 1.70. The van der Waals surface area contributed by atoms with Gasteiger partial charge in [0.05, 0.1) is 0 Å². The number of alkyl halides is 2. The summed E-state index contributed by atoms with van der Waals surface area (Å²) < 4.78 is 59.6. The number of halogens is 5. The first-order chi connectivity index (χ1) is 4.93. The number of aliphatic imine (C=N–C) groups is 1. The van der Waals surface area contributed by atoms with Gasteiger partial charge in [0, 0.05) is 0 Å². The average molecular weight is 172 g/mol. The first-order valence-corrected chi connectivity index (χ1v) is 2.39. The lowest BCUT2D eigenvalue weighted by Crippen LogP contribution is -2.31. The lowest BCUT2D eigenvalue weighted by molar-refractivity contribution is 0.0185. The van der Waals surface area contributed by atoms with Crippen molar-refractivity contribution in [3.05, 3.63) is 11.8 Å². The van der Waals surface area contributed by atoms with E-state index in [2.05, 4.69) is 0 Å². The van der Waals surface area contributed by atoms with E-state index in [1.165, 1.54) is 0 Å². The SMILES string of the molecule is FC1=NC(F)(F)C(F)=C(F)N1. The Morgan fingerprint density at radius 1 is 1.18 bits per heavy atom. The van der Waals surface area contributed by atoms with Gasteiger partial charge >= 0.3 is 6.05 Å². The van der Waals surface area contributed by atoms with Gasteiger partial charge in [-0.05, 0) is 0 Å². The third-order valence-electron chi connectivity index (χ3n) is 0.908. The van der Waals surface area contributed by atoms with Gasteiger partial charge < -0.3 is 0 Å². The van der Waals surface area contributed by atoms with E-state index in [1.54, 1.807) is 0 Å². The topological polar surface area (TPSA) is 24.4 Å². The Kier molecular flexibility index (Phi) is 1.57. The zero-order valence-electron chi connectivity index (χ0n) is 4.84. The van der Waals surface area contributed by atoms with Crippen molar-refractivity contribution in [1.82, 2.24) is 5.32 Å². The molecular formula is C4HF5N2. The molecule has 62 valence electrons. The van der Waals surface area contributed by atoms with Gasteiger partial charge in [-0.15, -0.1) is 0 Å². The van der Waals surface area contributed by atoms with Crippen molar-refractivity contribution in [2.75, 3.05) is 0 Å². The lowest BCUT2D eigenvalue weighted by Gasteiger charge is -2.14. The summed E-state index contributed by atoms with van der Waals surface area (Å²) in [6.07, 6.45) is -1.85. The fourth-order valence-corrected chi connectivity index (χ4v) is 0.478. The highest BCUT2D eigenvalue weighted by Gasteiger charge is 2.42. The third kappa shape index (κ3) is 1.31. The Morgan fingerprint density at radius 3 is 2.18 bits per heavy atom. The smallest absolute Gasteiger partial charge is 0.290 e. The Balaban J connectivity index is 3.04. The number of amidine groups is 1.